The molecule has 0 aromatic heterocycles. The van der Waals surface area contributed by atoms with Crippen LogP contribution < -0.4 is 0 Å². The Kier molecular flexibility index (Phi) is 6.09. The van der Waals surface area contributed by atoms with E-state index in [1.165, 1.54) is 0 Å². The van der Waals surface area contributed by atoms with Crippen LogP contribution in [-0.4, -0.2) is 59.6 Å². The largest absolute Gasteiger partial charge is 0.392 e. The van der Waals surface area contributed by atoms with Gasteiger partial charge in [0.05, 0.1) is 6.10 Å². The molecular formula is C16H22Cl2N2O2. The molecule has 0 bridgehead atoms. The predicted octanol–water partition coefficient (Wildman–Crippen LogP) is 2.29. The number of piperazine rings is 1. The van der Waals surface area contributed by atoms with E-state index in [4.69, 9.17) is 11.6 Å². The van der Waals surface area contributed by atoms with E-state index in [2.05, 4.69) is 4.90 Å². The van der Waals surface area contributed by atoms with Crippen molar-refractivity contribution >= 4 is 29.9 Å². The maximum Gasteiger partial charge on any atom is 0.253 e. The SMILES string of the molecule is Cl.O=C(c1cccc(Cl)c1)N1CCN(CC(O)C2CC2)CC1. The molecule has 4 nitrogen and oxygen atoms in total. The van der Waals surface area contributed by atoms with E-state index in [9.17, 15) is 9.90 Å². The van der Waals surface area contributed by atoms with Gasteiger partial charge in [-0.25, -0.2) is 0 Å². The molecule has 2 aliphatic rings. The second-order valence-electron chi connectivity index (χ2n) is 6.01. The molecule has 1 atom stereocenters. The third kappa shape index (κ3) is 4.35. The maximum absolute atomic E-state index is 12.4. The van der Waals surface area contributed by atoms with Crippen LogP contribution in [0, 0.1) is 5.92 Å². The lowest BCUT2D eigenvalue weighted by Gasteiger charge is -2.35. The second-order valence-corrected chi connectivity index (χ2v) is 6.44. The van der Waals surface area contributed by atoms with Crippen molar-refractivity contribution in [2.24, 2.45) is 5.92 Å². The van der Waals surface area contributed by atoms with Crippen molar-refractivity contribution in [2.75, 3.05) is 32.7 Å². The summed E-state index contributed by atoms with van der Waals surface area (Å²) in [7, 11) is 0. The van der Waals surface area contributed by atoms with E-state index in [0.29, 0.717) is 29.6 Å². The Hall–Kier alpha value is -0.810. The van der Waals surface area contributed by atoms with Gasteiger partial charge in [-0.3, -0.25) is 9.69 Å². The van der Waals surface area contributed by atoms with Crippen molar-refractivity contribution in [1.82, 2.24) is 9.80 Å². The topological polar surface area (TPSA) is 43.8 Å². The van der Waals surface area contributed by atoms with Crippen LogP contribution in [0.1, 0.15) is 23.2 Å². The van der Waals surface area contributed by atoms with Crippen molar-refractivity contribution in [3.63, 3.8) is 0 Å². The first-order chi connectivity index (χ1) is 10.1. The van der Waals surface area contributed by atoms with Gasteiger partial charge in [0.25, 0.3) is 5.91 Å². The molecule has 3 rings (SSSR count). The molecule has 1 saturated heterocycles. The fraction of sp³-hybridized carbons (Fsp3) is 0.562. The minimum atomic E-state index is -0.194. The number of hydrogen-bond donors (Lipinski definition) is 1. The molecule has 1 aliphatic heterocycles. The number of hydrogen-bond acceptors (Lipinski definition) is 3. The zero-order valence-corrected chi connectivity index (χ0v) is 14.0. The fourth-order valence-corrected chi connectivity index (χ4v) is 3.02. The molecule has 22 heavy (non-hydrogen) atoms. The zero-order valence-electron chi connectivity index (χ0n) is 12.4. The minimum absolute atomic E-state index is 0. The molecule has 6 heteroatoms. The maximum atomic E-state index is 12.4. The molecule has 1 amide bonds. The summed E-state index contributed by atoms with van der Waals surface area (Å²) in [6, 6.07) is 7.10. The van der Waals surface area contributed by atoms with Crippen LogP contribution in [0.3, 0.4) is 0 Å². The Morgan fingerprint density at radius 2 is 1.95 bits per heavy atom. The van der Waals surface area contributed by atoms with Crippen molar-refractivity contribution in [3.8, 4) is 0 Å². The van der Waals surface area contributed by atoms with Gasteiger partial charge in [0.2, 0.25) is 0 Å². The number of benzene rings is 1. The van der Waals surface area contributed by atoms with E-state index in [1.54, 1.807) is 24.3 Å². The molecule has 1 aromatic carbocycles. The average Bonchev–Trinajstić information content (AvgIpc) is 3.32. The van der Waals surface area contributed by atoms with Crippen molar-refractivity contribution in [1.29, 1.82) is 0 Å². The Labute approximate surface area is 142 Å². The summed E-state index contributed by atoms with van der Waals surface area (Å²) in [5.74, 6) is 0.552. The van der Waals surface area contributed by atoms with Crippen LogP contribution in [0.5, 0.6) is 0 Å². The summed E-state index contributed by atoms with van der Waals surface area (Å²) in [5, 5.41) is 10.6. The first-order valence-corrected chi connectivity index (χ1v) is 7.96. The van der Waals surface area contributed by atoms with E-state index in [0.717, 1.165) is 32.5 Å². The summed E-state index contributed by atoms with van der Waals surface area (Å²) < 4.78 is 0. The normalized spacial score (nSPS) is 20.4. The Morgan fingerprint density at radius 1 is 1.27 bits per heavy atom. The van der Waals surface area contributed by atoms with Crippen molar-refractivity contribution < 1.29 is 9.90 Å². The molecule has 1 saturated carbocycles. The zero-order chi connectivity index (χ0) is 14.8. The molecule has 2 fully saturated rings. The number of β-amino-alcohol motifs (C(OH)–C–C–N with tert-alkyl or cyclic N) is 1. The smallest absolute Gasteiger partial charge is 0.253 e. The number of rotatable bonds is 4. The number of aliphatic hydroxyl groups excluding tert-OH is 1. The lowest BCUT2D eigenvalue weighted by atomic mass is 10.1. The Balaban J connectivity index is 0.00000176. The van der Waals surface area contributed by atoms with Gasteiger partial charge >= 0.3 is 0 Å². The van der Waals surface area contributed by atoms with Crippen LogP contribution in [0.15, 0.2) is 24.3 Å². The van der Waals surface area contributed by atoms with E-state index >= 15 is 0 Å². The van der Waals surface area contributed by atoms with Gasteiger partial charge in [-0.05, 0) is 37.0 Å². The van der Waals surface area contributed by atoms with Gasteiger partial charge in [0.1, 0.15) is 0 Å². The van der Waals surface area contributed by atoms with Crippen molar-refractivity contribution in [2.45, 2.75) is 18.9 Å². The lowest BCUT2D eigenvalue weighted by Crippen LogP contribution is -2.50. The molecule has 1 aromatic rings. The number of aliphatic hydroxyl groups is 1. The third-order valence-electron chi connectivity index (χ3n) is 4.34. The van der Waals surface area contributed by atoms with E-state index in [-0.39, 0.29) is 24.4 Å². The quantitative estimate of drug-likeness (QED) is 0.911. The molecule has 1 heterocycles. The molecule has 0 radical (unpaired) electrons. The number of halogens is 2. The monoisotopic (exact) mass is 344 g/mol. The summed E-state index contributed by atoms with van der Waals surface area (Å²) in [5.41, 5.74) is 0.647. The summed E-state index contributed by atoms with van der Waals surface area (Å²) in [4.78, 5) is 16.5. The highest BCUT2D eigenvalue weighted by Gasteiger charge is 2.32. The standard InChI is InChI=1S/C16H21ClN2O2.ClH/c17-14-3-1-2-13(10-14)16(21)19-8-6-18(7-9-19)11-15(20)12-4-5-12;/h1-3,10,12,15,20H,4-9,11H2;1H. The van der Waals surface area contributed by atoms with Crippen LogP contribution in [0.2, 0.25) is 5.02 Å². The molecule has 1 N–H and O–H groups in total. The summed E-state index contributed by atoms with van der Waals surface area (Å²) in [6.45, 7) is 3.82. The predicted molar refractivity (Wildman–Crippen MR) is 89.8 cm³/mol. The van der Waals surface area contributed by atoms with Gasteiger partial charge < -0.3 is 10.0 Å². The highest BCUT2D eigenvalue weighted by Crippen LogP contribution is 2.32. The molecular weight excluding hydrogens is 323 g/mol. The molecule has 1 unspecified atom stereocenters. The average molecular weight is 345 g/mol. The van der Waals surface area contributed by atoms with Crippen LogP contribution in [0.4, 0.5) is 0 Å². The Morgan fingerprint density at radius 3 is 2.55 bits per heavy atom. The Bertz CT molecular complexity index is 515. The van der Waals surface area contributed by atoms with Gasteiger partial charge in [0, 0.05) is 43.3 Å². The van der Waals surface area contributed by atoms with Crippen LogP contribution in [0.25, 0.3) is 0 Å². The molecule has 1 aliphatic carbocycles. The molecule has 0 spiro atoms. The number of carbonyl (C=O) groups is 1. The number of nitrogens with zero attached hydrogens (tertiary/aromatic N) is 2. The van der Waals surface area contributed by atoms with Gasteiger partial charge in [-0.1, -0.05) is 17.7 Å². The van der Waals surface area contributed by atoms with Crippen molar-refractivity contribution in [3.05, 3.63) is 34.9 Å². The third-order valence-corrected chi connectivity index (χ3v) is 4.58. The van der Waals surface area contributed by atoms with Gasteiger partial charge in [-0.2, -0.15) is 0 Å². The number of carbonyl (C=O) groups excluding carboxylic acids is 1. The second kappa shape index (κ2) is 7.64. The van der Waals surface area contributed by atoms with Crippen LogP contribution in [-0.2, 0) is 0 Å². The lowest BCUT2D eigenvalue weighted by molar-refractivity contribution is 0.0488. The first kappa shape index (κ1) is 17.5. The highest BCUT2D eigenvalue weighted by molar-refractivity contribution is 6.30. The van der Waals surface area contributed by atoms with E-state index < -0.39 is 0 Å². The molecule has 122 valence electrons. The van der Waals surface area contributed by atoms with Gasteiger partial charge in [-0.15, -0.1) is 12.4 Å². The van der Waals surface area contributed by atoms with E-state index in [1.807, 2.05) is 4.90 Å². The summed E-state index contributed by atoms with van der Waals surface area (Å²) >= 11 is 5.94. The number of amides is 1. The highest BCUT2D eigenvalue weighted by atomic mass is 35.5. The summed E-state index contributed by atoms with van der Waals surface area (Å²) in [6.07, 6.45) is 2.13. The fourth-order valence-electron chi connectivity index (χ4n) is 2.83. The van der Waals surface area contributed by atoms with Crippen LogP contribution >= 0.6 is 24.0 Å². The van der Waals surface area contributed by atoms with Gasteiger partial charge in [0.15, 0.2) is 0 Å². The first-order valence-electron chi connectivity index (χ1n) is 7.59. The minimum Gasteiger partial charge on any atom is -0.392 e.